The average Bonchev–Trinajstić information content (AvgIpc) is 2.81. The van der Waals surface area contributed by atoms with Gasteiger partial charge in [0.15, 0.2) is 11.5 Å². The predicted octanol–water partition coefficient (Wildman–Crippen LogP) is 4.02. The van der Waals surface area contributed by atoms with Gasteiger partial charge in [-0.3, -0.25) is 4.79 Å². The zero-order chi connectivity index (χ0) is 17.3. The van der Waals surface area contributed by atoms with Crippen molar-refractivity contribution in [3.63, 3.8) is 0 Å². The zero-order valence-electron chi connectivity index (χ0n) is 12.5. The number of aryl methyl sites for hydroxylation is 1. The molecule has 0 bridgehead atoms. The lowest BCUT2D eigenvalue weighted by atomic mass is 10.2. The molecule has 0 aliphatic carbocycles. The number of halogens is 3. The number of carbonyl (C=O) groups is 1. The van der Waals surface area contributed by atoms with Crippen LogP contribution in [0.3, 0.4) is 0 Å². The fourth-order valence-electron chi connectivity index (χ4n) is 2.16. The molecule has 24 heavy (non-hydrogen) atoms. The smallest absolute Gasteiger partial charge is 0.395 e. The molecule has 1 aliphatic heterocycles. The lowest BCUT2D eigenvalue weighted by Crippen LogP contribution is -2.25. The van der Waals surface area contributed by atoms with E-state index in [1.807, 2.05) is 13.0 Å². The summed E-state index contributed by atoms with van der Waals surface area (Å²) in [5.41, 5.74) is 1.92. The molecule has 1 amide bonds. The van der Waals surface area contributed by atoms with Crippen molar-refractivity contribution >= 4 is 28.9 Å². The van der Waals surface area contributed by atoms with Crippen molar-refractivity contribution in [1.82, 2.24) is 0 Å². The highest BCUT2D eigenvalue weighted by Gasteiger charge is 2.43. The number of benzene rings is 2. The highest BCUT2D eigenvalue weighted by molar-refractivity contribution is 6.33. The van der Waals surface area contributed by atoms with Crippen LogP contribution in [0, 0.1) is 6.92 Å². The van der Waals surface area contributed by atoms with Gasteiger partial charge in [-0.1, -0.05) is 17.7 Å². The van der Waals surface area contributed by atoms with Crippen LogP contribution in [0.15, 0.2) is 36.4 Å². The Bertz CT molecular complexity index is 799. The fraction of sp³-hybridized carbons (Fsp3) is 0.188. The van der Waals surface area contributed by atoms with E-state index in [1.54, 1.807) is 12.1 Å². The van der Waals surface area contributed by atoms with Crippen molar-refractivity contribution in [2.24, 2.45) is 0 Å². The molecule has 1 heterocycles. The highest BCUT2D eigenvalue weighted by Crippen LogP contribution is 2.42. The second-order valence-electron chi connectivity index (χ2n) is 5.21. The standard InChI is InChI=1S/C16H13ClF2N2O3/c1-9-2-4-12(11(17)6-9)21-15(22)8-20-10-3-5-13-14(7-10)24-16(18,19)23-13/h2-7,20H,8H2,1H3,(H,21,22). The fourth-order valence-corrected chi connectivity index (χ4v) is 2.44. The van der Waals surface area contributed by atoms with Gasteiger partial charge in [-0.05, 0) is 36.8 Å². The van der Waals surface area contributed by atoms with Gasteiger partial charge in [-0.25, -0.2) is 0 Å². The molecule has 0 radical (unpaired) electrons. The van der Waals surface area contributed by atoms with Crippen LogP contribution < -0.4 is 20.1 Å². The first-order valence-electron chi connectivity index (χ1n) is 7.02. The molecule has 5 nitrogen and oxygen atoms in total. The first-order valence-corrected chi connectivity index (χ1v) is 7.40. The van der Waals surface area contributed by atoms with Gasteiger partial charge in [0, 0.05) is 11.8 Å². The number of hydrogen-bond donors (Lipinski definition) is 2. The minimum atomic E-state index is -3.67. The number of rotatable bonds is 4. The molecule has 0 saturated carbocycles. The average molecular weight is 355 g/mol. The number of alkyl halides is 2. The Kier molecular flexibility index (Phi) is 4.19. The van der Waals surface area contributed by atoms with E-state index in [0.29, 0.717) is 16.4 Å². The van der Waals surface area contributed by atoms with Crippen LogP contribution in [0.25, 0.3) is 0 Å². The third-order valence-corrected chi connectivity index (χ3v) is 3.57. The van der Waals surface area contributed by atoms with Gasteiger partial charge in [-0.15, -0.1) is 8.78 Å². The molecular formula is C16H13ClF2N2O3. The monoisotopic (exact) mass is 354 g/mol. The summed E-state index contributed by atoms with van der Waals surface area (Å²) in [6.45, 7) is 1.82. The molecule has 1 aliphatic rings. The SMILES string of the molecule is Cc1ccc(NC(=O)CNc2ccc3c(c2)OC(F)(F)O3)c(Cl)c1. The van der Waals surface area contributed by atoms with E-state index in [2.05, 4.69) is 20.1 Å². The Morgan fingerprint density at radius 2 is 1.92 bits per heavy atom. The van der Waals surface area contributed by atoms with Crippen molar-refractivity contribution in [2.45, 2.75) is 13.2 Å². The first kappa shape index (κ1) is 16.3. The maximum Gasteiger partial charge on any atom is 0.586 e. The van der Waals surface area contributed by atoms with Gasteiger partial charge < -0.3 is 20.1 Å². The van der Waals surface area contributed by atoms with Crippen LogP contribution in [0.1, 0.15) is 5.56 Å². The van der Waals surface area contributed by atoms with Gasteiger partial charge >= 0.3 is 6.29 Å². The Morgan fingerprint density at radius 1 is 1.17 bits per heavy atom. The molecule has 0 atom stereocenters. The third kappa shape index (κ3) is 3.68. The van der Waals surface area contributed by atoms with Crippen LogP contribution in [0.4, 0.5) is 20.2 Å². The molecular weight excluding hydrogens is 342 g/mol. The zero-order valence-corrected chi connectivity index (χ0v) is 13.3. The molecule has 126 valence electrons. The van der Waals surface area contributed by atoms with E-state index in [9.17, 15) is 13.6 Å². The number of amides is 1. The number of ether oxygens (including phenoxy) is 2. The summed E-state index contributed by atoms with van der Waals surface area (Å²) in [5.74, 6) is -0.475. The normalized spacial score (nSPS) is 14.3. The van der Waals surface area contributed by atoms with Crippen LogP contribution in [0.2, 0.25) is 5.02 Å². The summed E-state index contributed by atoms with van der Waals surface area (Å²) < 4.78 is 34.5. The van der Waals surface area contributed by atoms with Crippen molar-refractivity contribution in [2.75, 3.05) is 17.2 Å². The summed E-state index contributed by atoms with van der Waals surface area (Å²) in [4.78, 5) is 12.0. The second-order valence-corrected chi connectivity index (χ2v) is 5.62. The van der Waals surface area contributed by atoms with E-state index in [-0.39, 0.29) is 24.0 Å². The highest BCUT2D eigenvalue weighted by atomic mass is 35.5. The van der Waals surface area contributed by atoms with E-state index in [4.69, 9.17) is 11.6 Å². The summed E-state index contributed by atoms with van der Waals surface area (Å²) >= 11 is 6.04. The summed E-state index contributed by atoms with van der Waals surface area (Å²) in [7, 11) is 0. The lowest BCUT2D eigenvalue weighted by Gasteiger charge is -2.10. The molecule has 0 spiro atoms. The van der Waals surface area contributed by atoms with Crippen molar-refractivity contribution in [3.8, 4) is 11.5 Å². The van der Waals surface area contributed by atoms with E-state index in [0.717, 1.165) is 5.56 Å². The topological polar surface area (TPSA) is 59.6 Å². The Hall–Kier alpha value is -2.54. The van der Waals surface area contributed by atoms with Crippen LogP contribution >= 0.6 is 11.6 Å². The van der Waals surface area contributed by atoms with Gasteiger partial charge in [-0.2, -0.15) is 0 Å². The van der Waals surface area contributed by atoms with Crippen molar-refractivity contribution in [3.05, 3.63) is 47.0 Å². The van der Waals surface area contributed by atoms with Gasteiger partial charge in [0.2, 0.25) is 5.91 Å². The van der Waals surface area contributed by atoms with E-state index in [1.165, 1.54) is 18.2 Å². The minimum Gasteiger partial charge on any atom is -0.395 e. The molecule has 0 saturated heterocycles. The number of hydrogen-bond acceptors (Lipinski definition) is 4. The molecule has 0 fully saturated rings. The molecule has 0 unspecified atom stereocenters. The maximum atomic E-state index is 12.9. The lowest BCUT2D eigenvalue weighted by molar-refractivity contribution is -0.286. The number of nitrogens with one attached hydrogen (secondary N) is 2. The summed E-state index contributed by atoms with van der Waals surface area (Å²) in [5, 5.41) is 5.92. The molecule has 2 aromatic carbocycles. The predicted molar refractivity (Wildman–Crippen MR) is 86.0 cm³/mol. The van der Waals surface area contributed by atoms with Crippen LogP contribution in [0.5, 0.6) is 11.5 Å². The molecule has 3 rings (SSSR count). The number of carbonyl (C=O) groups excluding carboxylic acids is 1. The Balaban J connectivity index is 1.59. The third-order valence-electron chi connectivity index (χ3n) is 3.25. The van der Waals surface area contributed by atoms with Crippen molar-refractivity contribution < 1.29 is 23.0 Å². The summed E-state index contributed by atoms with van der Waals surface area (Å²) in [6, 6.07) is 9.46. The Morgan fingerprint density at radius 3 is 2.67 bits per heavy atom. The molecule has 2 N–H and O–H groups in total. The van der Waals surface area contributed by atoms with Crippen molar-refractivity contribution in [1.29, 1.82) is 0 Å². The van der Waals surface area contributed by atoms with Crippen LogP contribution in [-0.2, 0) is 4.79 Å². The minimum absolute atomic E-state index is 0.0542. The quantitative estimate of drug-likeness (QED) is 0.870. The van der Waals surface area contributed by atoms with E-state index < -0.39 is 6.29 Å². The number of fused-ring (bicyclic) bond motifs is 1. The first-order chi connectivity index (χ1) is 11.3. The van der Waals surface area contributed by atoms with Gasteiger partial charge in [0.25, 0.3) is 0 Å². The molecule has 8 heteroatoms. The molecule has 2 aromatic rings. The molecule has 0 aromatic heterocycles. The summed E-state index contributed by atoms with van der Waals surface area (Å²) in [6.07, 6.45) is -3.67. The van der Waals surface area contributed by atoms with E-state index >= 15 is 0 Å². The maximum absolute atomic E-state index is 12.9. The largest absolute Gasteiger partial charge is 0.586 e. The Labute approximate surface area is 141 Å². The van der Waals surface area contributed by atoms with Crippen LogP contribution in [-0.4, -0.2) is 18.7 Å². The number of anilines is 2. The second kappa shape index (κ2) is 6.16. The van der Waals surface area contributed by atoms with Gasteiger partial charge in [0.1, 0.15) is 0 Å². The van der Waals surface area contributed by atoms with Gasteiger partial charge in [0.05, 0.1) is 17.3 Å².